The smallest absolute Gasteiger partial charge is 0.123 e. The SMILES string of the molecule is COc1ccc(OC)c(C(C)NCCCOC2CCCCC2)c1. The van der Waals surface area contributed by atoms with Crippen LogP contribution in [0.2, 0.25) is 0 Å². The molecule has 4 nitrogen and oxygen atoms in total. The van der Waals surface area contributed by atoms with E-state index < -0.39 is 0 Å². The number of hydrogen-bond acceptors (Lipinski definition) is 4. The lowest BCUT2D eigenvalue weighted by Gasteiger charge is -2.22. The van der Waals surface area contributed by atoms with Gasteiger partial charge in [0.15, 0.2) is 0 Å². The zero-order chi connectivity index (χ0) is 16.5. The van der Waals surface area contributed by atoms with E-state index in [2.05, 4.69) is 12.2 Å². The highest BCUT2D eigenvalue weighted by molar-refractivity contribution is 5.42. The average Bonchev–Trinajstić information content (AvgIpc) is 2.61. The van der Waals surface area contributed by atoms with Crippen molar-refractivity contribution in [2.24, 2.45) is 0 Å². The first-order valence-corrected chi connectivity index (χ1v) is 8.81. The van der Waals surface area contributed by atoms with Gasteiger partial charge in [-0.2, -0.15) is 0 Å². The second kappa shape index (κ2) is 9.78. The van der Waals surface area contributed by atoms with Gasteiger partial charge in [-0.15, -0.1) is 0 Å². The lowest BCUT2D eigenvalue weighted by Crippen LogP contribution is -2.23. The second-order valence-electron chi connectivity index (χ2n) is 6.27. The lowest BCUT2D eigenvalue weighted by molar-refractivity contribution is 0.0271. The largest absolute Gasteiger partial charge is 0.497 e. The zero-order valence-electron chi connectivity index (χ0n) is 14.8. The van der Waals surface area contributed by atoms with Crippen LogP contribution in [0.15, 0.2) is 18.2 Å². The maximum absolute atomic E-state index is 5.97. The highest BCUT2D eigenvalue weighted by Crippen LogP contribution is 2.29. The number of rotatable bonds is 9. The minimum Gasteiger partial charge on any atom is -0.497 e. The van der Waals surface area contributed by atoms with Crippen molar-refractivity contribution < 1.29 is 14.2 Å². The van der Waals surface area contributed by atoms with Crippen molar-refractivity contribution in [1.82, 2.24) is 5.32 Å². The van der Waals surface area contributed by atoms with Crippen LogP contribution in [0.1, 0.15) is 57.1 Å². The van der Waals surface area contributed by atoms with E-state index in [0.717, 1.165) is 36.6 Å². The van der Waals surface area contributed by atoms with Crippen molar-refractivity contribution in [1.29, 1.82) is 0 Å². The molecule has 0 aliphatic heterocycles. The molecule has 4 heteroatoms. The molecule has 1 saturated carbocycles. The van der Waals surface area contributed by atoms with Gasteiger partial charge in [0, 0.05) is 18.2 Å². The lowest BCUT2D eigenvalue weighted by atomic mass is 9.98. The molecule has 1 atom stereocenters. The van der Waals surface area contributed by atoms with Crippen molar-refractivity contribution in [2.75, 3.05) is 27.4 Å². The monoisotopic (exact) mass is 321 g/mol. The summed E-state index contributed by atoms with van der Waals surface area (Å²) in [5.74, 6) is 1.75. The van der Waals surface area contributed by atoms with Crippen LogP contribution in [-0.2, 0) is 4.74 Å². The predicted molar refractivity (Wildman–Crippen MR) is 93.4 cm³/mol. The summed E-state index contributed by atoms with van der Waals surface area (Å²) in [6.45, 7) is 3.94. The third-order valence-electron chi connectivity index (χ3n) is 4.58. The van der Waals surface area contributed by atoms with Gasteiger partial charge in [-0.1, -0.05) is 19.3 Å². The molecule has 23 heavy (non-hydrogen) atoms. The van der Waals surface area contributed by atoms with E-state index in [-0.39, 0.29) is 6.04 Å². The van der Waals surface area contributed by atoms with Gasteiger partial charge in [0.05, 0.1) is 20.3 Å². The molecule has 1 aromatic carbocycles. The van der Waals surface area contributed by atoms with Gasteiger partial charge in [-0.25, -0.2) is 0 Å². The molecule has 0 bridgehead atoms. The van der Waals surface area contributed by atoms with Gasteiger partial charge in [-0.05, 0) is 50.9 Å². The van der Waals surface area contributed by atoms with Crippen LogP contribution in [0, 0.1) is 0 Å². The highest BCUT2D eigenvalue weighted by Gasteiger charge is 2.14. The Bertz CT molecular complexity index is 458. The number of methoxy groups -OCH3 is 2. The molecule has 1 unspecified atom stereocenters. The molecule has 0 radical (unpaired) electrons. The summed E-state index contributed by atoms with van der Waals surface area (Å²) in [6.07, 6.45) is 8.05. The fraction of sp³-hybridized carbons (Fsp3) is 0.684. The summed E-state index contributed by atoms with van der Waals surface area (Å²) in [5, 5.41) is 3.55. The molecule has 1 N–H and O–H groups in total. The van der Waals surface area contributed by atoms with E-state index in [0.29, 0.717) is 6.10 Å². The second-order valence-corrected chi connectivity index (χ2v) is 6.27. The van der Waals surface area contributed by atoms with Gasteiger partial charge in [0.1, 0.15) is 11.5 Å². The van der Waals surface area contributed by atoms with Gasteiger partial charge in [-0.3, -0.25) is 0 Å². The minimum atomic E-state index is 0.217. The molecular formula is C19H31NO3. The topological polar surface area (TPSA) is 39.7 Å². The Morgan fingerprint density at radius 1 is 1.13 bits per heavy atom. The van der Waals surface area contributed by atoms with Crippen LogP contribution < -0.4 is 14.8 Å². The Balaban J connectivity index is 1.72. The third-order valence-corrected chi connectivity index (χ3v) is 4.58. The zero-order valence-corrected chi connectivity index (χ0v) is 14.8. The molecule has 1 aliphatic carbocycles. The van der Waals surface area contributed by atoms with E-state index in [1.165, 1.54) is 32.1 Å². The van der Waals surface area contributed by atoms with Crippen molar-refractivity contribution in [3.05, 3.63) is 23.8 Å². The Kier molecular flexibility index (Phi) is 7.69. The molecule has 0 saturated heterocycles. The first-order valence-electron chi connectivity index (χ1n) is 8.81. The number of nitrogens with one attached hydrogen (secondary N) is 1. The molecule has 0 spiro atoms. The highest BCUT2D eigenvalue weighted by atomic mass is 16.5. The molecule has 0 amide bonds. The number of hydrogen-bond donors (Lipinski definition) is 1. The Labute approximate surface area is 140 Å². The van der Waals surface area contributed by atoms with Gasteiger partial charge < -0.3 is 19.5 Å². The van der Waals surface area contributed by atoms with Crippen molar-refractivity contribution in [3.8, 4) is 11.5 Å². The molecule has 1 fully saturated rings. The molecule has 1 aliphatic rings. The number of benzene rings is 1. The fourth-order valence-corrected chi connectivity index (χ4v) is 3.16. The average molecular weight is 321 g/mol. The Morgan fingerprint density at radius 3 is 2.61 bits per heavy atom. The van der Waals surface area contributed by atoms with E-state index >= 15 is 0 Å². The standard InChI is InChI=1S/C19H31NO3/c1-15(18-14-17(21-2)10-11-19(18)22-3)20-12-7-13-23-16-8-5-4-6-9-16/h10-11,14-16,20H,4-9,12-13H2,1-3H3. The van der Waals surface area contributed by atoms with Crippen LogP contribution in [0.5, 0.6) is 11.5 Å². The van der Waals surface area contributed by atoms with E-state index in [9.17, 15) is 0 Å². The van der Waals surface area contributed by atoms with E-state index in [1.54, 1.807) is 14.2 Å². The summed E-state index contributed by atoms with van der Waals surface area (Å²) in [5.41, 5.74) is 1.13. The van der Waals surface area contributed by atoms with Crippen molar-refractivity contribution in [2.45, 2.75) is 57.6 Å². The molecule has 130 valence electrons. The van der Waals surface area contributed by atoms with Crippen LogP contribution in [0.3, 0.4) is 0 Å². The van der Waals surface area contributed by atoms with Crippen molar-refractivity contribution in [3.63, 3.8) is 0 Å². The van der Waals surface area contributed by atoms with Crippen molar-refractivity contribution >= 4 is 0 Å². The summed E-state index contributed by atoms with van der Waals surface area (Å²) in [6, 6.07) is 6.13. The van der Waals surface area contributed by atoms with E-state index in [1.807, 2.05) is 18.2 Å². The first kappa shape index (κ1) is 18.1. The van der Waals surface area contributed by atoms with Crippen LogP contribution >= 0.6 is 0 Å². The van der Waals surface area contributed by atoms with Crippen LogP contribution in [0.4, 0.5) is 0 Å². The Morgan fingerprint density at radius 2 is 1.91 bits per heavy atom. The van der Waals surface area contributed by atoms with Gasteiger partial charge >= 0.3 is 0 Å². The quantitative estimate of drug-likeness (QED) is 0.695. The summed E-state index contributed by atoms with van der Waals surface area (Å²) in [7, 11) is 3.39. The van der Waals surface area contributed by atoms with E-state index in [4.69, 9.17) is 14.2 Å². The molecule has 2 rings (SSSR count). The van der Waals surface area contributed by atoms with Crippen LogP contribution in [-0.4, -0.2) is 33.5 Å². The summed E-state index contributed by atoms with van der Waals surface area (Å²) < 4.78 is 16.7. The predicted octanol–water partition coefficient (Wildman–Crippen LogP) is 4.09. The summed E-state index contributed by atoms with van der Waals surface area (Å²) in [4.78, 5) is 0. The summed E-state index contributed by atoms with van der Waals surface area (Å²) >= 11 is 0. The fourth-order valence-electron chi connectivity index (χ4n) is 3.16. The molecular weight excluding hydrogens is 290 g/mol. The first-order chi connectivity index (χ1) is 11.2. The third kappa shape index (κ3) is 5.70. The molecule has 1 aromatic rings. The maximum atomic E-state index is 5.97. The number of ether oxygens (including phenoxy) is 3. The molecule has 0 heterocycles. The molecule has 0 aromatic heterocycles. The van der Waals surface area contributed by atoms with Gasteiger partial charge in [0.2, 0.25) is 0 Å². The normalized spacial score (nSPS) is 17.0. The Hall–Kier alpha value is -1.26. The van der Waals surface area contributed by atoms with Crippen LogP contribution in [0.25, 0.3) is 0 Å². The minimum absolute atomic E-state index is 0.217. The maximum Gasteiger partial charge on any atom is 0.123 e. The van der Waals surface area contributed by atoms with Gasteiger partial charge in [0.25, 0.3) is 0 Å².